The molecule has 0 unspecified atom stereocenters. The maximum absolute atomic E-state index is 13.1. The number of urea groups is 1. The maximum Gasteiger partial charge on any atom is 0.315 e. The largest absolute Gasteiger partial charge is 0.338 e. The quantitative estimate of drug-likeness (QED) is 0.626. The first-order chi connectivity index (χ1) is 13.0. The Hall–Kier alpha value is -2.14. The average Bonchev–Trinajstić information content (AvgIpc) is 2.61. The van der Waals surface area contributed by atoms with Crippen LogP contribution < -0.4 is 10.6 Å². The summed E-state index contributed by atoms with van der Waals surface area (Å²) in [4.78, 5) is 11.9. The normalized spacial score (nSPS) is 18.6. The van der Waals surface area contributed by atoms with Gasteiger partial charge >= 0.3 is 6.03 Å². The smallest absolute Gasteiger partial charge is 0.315 e. The molecule has 6 heteroatoms. The lowest BCUT2D eigenvalue weighted by atomic mass is 9.76. The van der Waals surface area contributed by atoms with Crippen LogP contribution in [0.3, 0.4) is 0 Å². The summed E-state index contributed by atoms with van der Waals surface area (Å²) in [5.74, 6) is -1.17. The lowest BCUT2D eigenvalue weighted by Gasteiger charge is -2.36. The SMILES string of the molecule is O=C(NCCCCc1ccc(F)c(F)c1)NC1CC(c2ccc(Cl)cc2)C1. The molecular weight excluding hydrogens is 370 g/mol. The molecule has 1 aliphatic carbocycles. The predicted octanol–water partition coefficient (Wildman–Crippen LogP) is 5.19. The second-order valence-corrected chi connectivity index (χ2v) is 7.46. The van der Waals surface area contributed by atoms with Crippen molar-refractivity contribution in [3.8, 4) is 0 Å². The van der Waals surface area contributed by atoms with Crippen LogP contribution in [0, 0.1) is 11.6 Å². The van der Waals surface area contributed by atoms with Crippen LogP contribution in [0.1, 0.15) is 42.7 Å². The average molecular weight is 393 g/mol. The van der Waals surface area contributed by atoms with Crippen LogP contribution >= 0.6 is 11.6 Å². The van der Waals surface area contributed by atoms with Gasteiger partial charge in [0.1, 0.15) is 0 Å². The monoisotopic (exact) mass is 392 g/mol. The van der Waals surface area contributed by atoms with Crippen LogP contribution in [0.25, 0.3) is 0 Å². The lowest BCUT2D eigenvalue weighted by molar-refractivity contribution is 0.222. The molecule has 0 spiro atoms. The van der Waals surface area contributed by atoms with Crippen LogP contribution in [0.15, 0.2) is 42.5 Å². The van der Waals surface area contributed by atoms with E-state index in [9.17, 15) is 13.6 Å². The van der Waals surface area contributed by atoms with Crippen molar-refractivity contribution in [3.05, 3.63) is 70.2 Å². The first-order valence-electron chi connectivity index (χ1n) is 9.25. The van der Waals surface area contributed by atoms with Crippen molar-refractivity contribution in [2.45, 2.75) is 44.1 Å². The summed E-state index contributed by atoms with van der Waals surface area (Å²) < 4.78 is 26.0. The van der Waals surface area contributed by atoms with E-state index in [2.05, 4.69) is 10.6 Å². The van der Waals surface area contributed by atoms with Gasteiger partial charge < -0.3 is 10.6 Å². The molecule has 27 heavy (non-hydrogen) atoms. The van der Waals surface area contributed by atoms with Gasteiger partial charge in [0.25, 0.3) is 0 Å². The standard InChI is InChI=1S/C21H23ClF2N2O/c22-17-7-5-15(6-8-17)16-12-18(13-16)26-21(27)25-10-2-1-3-14-4-9-19(23)20(24)11-14/h4-9,11,16,18H,1-3,10,12-13H2,(H2,25,26,27). The highest BCUT2D eigenvalue weighted by Gasteiger charge is 2.31. The maximum atomic E-state index is 13.1. The van der Waals surface area contributed by atoms with E-state index in [1.807, 2.05) is 24.3 Å². The van der Waals surface area contributed by atoms with Gasteiger partial charge in [-0.3, -0.25) is 0 Å². The van der Waals surface area contributed by atoms with Gasteiger partial charge in [-0.15, -0.1) is 0 Å². The second kappa shape index (κ2) is 9.18. The molecule has 2 amide bonds. The summed E-state index contributed by atoms with van der Waals surface area (Å²) >= 11 is 5.90. The van der Waals surface area contributed by atoms with E-state index in [0.717, 1.165) is 42.3 Å². The molecule has 2 aromatic carbocycles. The van der Waals surface area contributed by atoms with Crippen molar-refractivity contribution in [1.29, 1.82) is 0 Å². The molecule has 0 saturated heterocycles. The Bertz CT molecular complexity index is 776. The molecule has 1 saturated carbocycles. The van der Waals surface area contributed by atoms with E-state index < -0.39 is 11.6 Å². The van der Waals surface area contributed by atoms with Gasteiger partial charge in [-0.05, 0) is 73.4 Å². The molecule has 2 N–H and O–H groups in total. The fourth-order valence-electron chi connectivity index (χ4n) is 3.33. The molecule has 0 radical (unpaired) electrons. The Kier molecular flexibility index (Phi) is 6.67. The number of hydrogen-bond donors (Lipinski definition) is 2. The van der Waals surface area contributed by atoms with Gasteiger partial charge in [0.2, 0.25) is 0 Å². The number of rotatable bonds is 7. The van der Waals surface area contributed by atoms with Crippen LogP contribution in [-0.2, 0) is 6.42 Å². The molecule has 3 rings (SSSR count). The molecule has 0 bridgehead atoms. The van der Waals surface area contributed by atoms with Gasteiger partial charge in [-0.1, -0.05) is 29.8 Å². The molecule has 0 atom stereocenters. The molecule has 3 nitrogen and oxygen atoms in total. The third-order valence-corrected chi connectivity index (χ3v) is 5.23. The summed E-state index contributed by atoms with van der Waals surface area (Å²) in [7, 11) is 0. The van der Waals surface area contributed by atoms with Gasteiger partial charge in [0.15, 0.2) is 11.6 Å². The number of unbranched alkanes of at least 4 members (excludes halogenated alkanes) is 1. The zero-order valence-electron chi connectivity index (χ0n) is 15.0. The van der Waals surface area contributed by atoms with Crippen molar-refractivity contribution in [2.75, 3.05) is 6.54 Å². The minimum Gasteiger partial charge on any atom is -0.338 e. The topological polar surface area (TPSA) is 41.1 Å². The predicted molar refractivity (Wildman–Crippen MR) is 103 cm³/mol. The van der Waals surface area contributed by atoms with Gasteiger partial charge in [0, 0.05) is 17.6 Å². The van der Waals surface area contributed by atoms with E-state index in [1.165, 1.54) is 11.6 Å². The Morgan fingerprint density at radius 1 is 1.04 bits per heavy atom. The van der Waals surface area contributed by atoms with Crippen molar-refractivity contribution >= 4 is 17.6 Å². The number of nitrogens with one attached hydrogen (secondary N) is 2. The molecule has 1 aliphatic rings. The third-order valence-electron chi connectivity index (χ3n) is 4.98. The molecular formula is C21H23ClF2N2O. The third kappa shape index (κ3) is 5.67. The number of carbonyl (C=O) groups excluding carboxylic acids is 1. The summed E-state index contributed by atoms with van der Waals surface area (Å²) in [6.45, 7) is 0.558. The number of amides is 2. The number of carbonyl (C=O) groups is 1. The van der Waals surface area contributed by atoms with Crippen LogP contribution in [0.4, 0.5) is 13.6 Å². The van der Waals surface area contributed by atoms with E-state index in [0.29, 0.717) is 18.9 Å². The lowest BCUT2D eigenvalue weighted by Crippen LogP contribution is -2.47. The fourth-order valence-corrected chi connectivity index (χ4v) is 3.46. The first kappa shape index (κ1) is 19.6. The molecule has 0 aliphatic heterocycles. The van der Waals surface area contributed by atoms with E-state index in [1.54, 1.807) is 6.07 Å². The number of benzene rings is 2. The second-order valence-electron chi connectivity index (χ2n) is 7.02. The zero-order chi connectivity index (χ0) is 19.2. The van der Waals surface area contributed by atoms with Crippen LogP contribution in [0.2, 0.25) is 5.02 Å². The van der Waals surface area contributed by atoms with Crippen LogP contribution in [-0.4, -0.2) is 18.6 Å². The minimum atomic E-state index is -0.827. The number of hydrogen-bond acceptors (Lipinski definition) is 1. The van der Waals surface area contributed by atoms with Gasteiger partial charge in [-0.25, -0.2) is 13.6 Å². The highest BCUT2D eigenvalue weighted by molar-refractivity contribution is 6.30. The fraction of sp³-hybridized carbons (Fsp3) is 0.381. The Labute approximate surface area is 163 Å². The molecule has 0 aromatic heterocycles. The van der Waals surface area contributed by atoms with Gasteiger partial charge in [-0.2, -0.15) is 0 Å². The van der Waals surface area contributed by atoms with E-state index in [4.69, 9.17) is 11.6 Å². The first-order valence-corrected chi connectivity index (χ1v) is 9.63. The summed E-state index contributed by atoms with van der Waals surface area (Å²) in [5.41, 5.74) is 2.02. The van der Waals surface area contributed by atoms with Crippen molar-refractivity contribution in [1.82, 2.24) is 10.6 Å². The van der Waals surface area contributed by atoms with Crippen molar-refractivity contribution in [2.24, 2.45) is 0 Å². The number of aryl methyl sites for hydroxylation is 1. The summed E-state index contributed by atoms with van der Waals surface area (Å²) in [5, 5.41) is 6.56. The highest BCUT2D eigenvalue weighted by atomic mass is 35.5. The Balaban J connectivity index is 1.27. The van der Waals surface area contributed by atoms with E-state index >= 15 is 0 Å². The van der Waals surface area contributed by atoms with Crippen LogP contribution in [0.5, 0.6) is 0 Å². The minimum absolute atomic E-state index is 0.151. The molecule has 0 heterocycles. The van der Waals surface area contributed by atoms with Crippen molar-refractivity contribution in [3.63, 3.8) is 0 Å². The number of halogens is 3. The van der Waals surface area contributed by atoms with Gasteiger partial charge in [0.05, 0.1) is 0 Å². The molecule has 2 aromatic rings. The Morgan fingerprint density at radius 3 is 2.48 bits per heavy atom. The summed E-state index contributed by atoms with van der Waals surface area (Å²) in [6, 6.07) is 11.9. The van der Waals surface area contributed by atoms with E-state index in [-0.39, 0.29) is 12.1 Å². The van der Waals surface area contributed by atoms with Crippen molar-refractivity contribution < 1.29 is 13.6 Å². The highest BCUT2D eigenvalue weighted by Crippen LogP contribution is 2.37. The Morgan fingerprint density at radius 2 is 1.78 bits per heavy atom. The molecule has 144 valence electrons. The molecule has 1 fully saturated rings. The summed E-state index contributed by atoms with van der Waals surface area (Å²) in [6.07, 6.45) is 4.11. The zero-order valence-corrected chi connectivity index (χ0v) is 15.7.